The number of nitrogens with one attached hydrogen (secondary N) is 2. The third kappa shape index (κ3) is 7.57. The molecule has 0 saturated carbocycles. The van der Waals surface area contributed by atoms with Crippen LogP contribution in [0.15, 0.2) is 24.3 Å². The first kappa shape index (κ1) is 20.1. The highest BCUT2D eigenvalue weighted by molar-refractivity contribution is 5.99. The lowest BCUT2D eigenvalue weighted by Gasteiger charge is -2.09. The van der Waals surface area contributed by atoms with Gasteiger partial charge in [0.15, 0.2) is 0 Å². The number of hydrogen-bond donors (Lipinski definition) is 2. The molecule has 0 aliphatic carbocycles. The van der Waals surface area contributed by atoms with Gasteiger partial charge < -0.3 is 29.6 Å². The van der Waals surface area contributed by atoms with E-state index in [1.807, 2.05) is 0 Å². The van der Waals surface area contributed by atoms with Crippen LogP contribution in [-0.4, -0.2) is 52.2 Å². The quantitative estimate of drug-likeness (QED) is 0.603. The lowest BCUT2D eigenvalue weighted by Crippen LogP contribution is -3.06. The molecule has 24 heavy (non-hydrogen) atoms. The van der Waals surface area contributed by atoms with Crippen LogP contribution in [0.25, 0.3) is 0 Å². The van der Waals surface area contributed by atoms with Crippen molar-refractivity contribution in [3.05, 3.63) is 35.4 Å². The number of carbonyl (C=O) groups is 2. The summed E-state index contributed by atoms with van der Waals surface area (Å²) in [4.78, 5) is 24.1. The number of benzene rings is 1. The molecule has 2 aliphatic rings. The van der Waals surface area contributed by atoms with Crippen molar-refractivity contribution >= 4 is 11.9 Å². The molecule has 0 amide bonds. The third-order valence-corrected chi connectivity index (χ3v) is 4.28. The fraction of sp³-hybridized carbons (Fsp3) is 0.556. The minimum Gasteiger partial charge on any atom is -0.545 e. The number of hydrogen-bond acceptors (Lipinski definition) is 4. The van der Waals surface area contributed by atoms with E-state index in [1.54, 1.807) is 9.80 Å². The lowest BCUT2D eigenvalue weighted by molar-refractivity contribution is -0.866. The van der Waals surface area contributed by atoms with Crippen molar-refractivity contribution < 1.29 is 29.6 Å². The molecule has 0 radical (unpaired) electrons. The van der Waals surface area contributed by atoms with Gasteiger partial charge in [-0.3, -0.25) is 0 Å². The zero-order chi connectivity index (χ0) is 17.9. The lowest BCUT2D eigenvalue weighted by atomic mass is 10.1. The summed E-state index contributed by atoms with van der Waals surface area (Å²) in [5.41, 5.74) is -0.727. The standard InChI is InChI=1S/C8H6O4.2C5H11N/c9-7(10)5-3-1-2-4-6(5)8(11)12;2*1-6-4-2-3-5-6/h1-4H,(H,9,10)(H,11,12);2*2-5H2,1H3. The van der Waals surface area contributed by atoms with Gasteiger partial charge in [0, 0.05) is 36.8 Å². The Morgan fingerprint density at radius 1 is 0.750 bits per heavy atom. The molecule has 0 atom stereocenters. The van der Waals surface area contributed by atoms with Crippen LogP contribution in [0.1, 0.15) is 46.4 Å². The zero-order valence-electron chi connectivity index (χ0n) is 14.6. The SMILES string of the molecule is C[NH+]1CCCC1.C[NH+]1CCCC1.O=C([O-])c1ccccc1C(=O)[O-]. The Kier molecular flexibility index (Phi) is 9.04. The smallest absolute Gasteiger partial charge is 0.0771 e. The molecule has 3 rings (SSSR count). The second-order valence-electron chi connectivity index (χ2n) is 6.45. The minimum absolute atomic E-state index is 0.363. The number of likely N-dealkylation sites (tertiary alicyclic amines) is 2. The fourth-order valence-electron chi connectivity index (χ4n) is 2.80. The summed E-state index contributed by atoms with van der Waals surface area (Å²) in [6, 6.07) is 5.14. The van der Waals surface area contributed by atoms with Crippen molar-refractivity contribution in [2.75, 3.05) is 40.3 Å². The molecule has 2 N–H and O–H groups in total. The van der Waals surface area contributed by atoms with Crippen molar-refractivity contribution in [2.45, 2.75) is 25.7 Å². The van der Waals surface area contributed by atoms with Crippen LogP contribution in [0.3, 0.4) is 0 Å². The van der Waals surface area contributed by atoms with Crippen molar-refractivity contribution in [1.82, 2.24) is 0 Å². The normalized spacial score (nSPS) is 17.4. The van der Waals surface area contributed by atoms with E-state index in [0.717, 1.165) is 12.1 Å². The molecule has 0 unspecified atom stereocenters. The molecule has 134 valence electrons. The molecule has 6 heteroatoms. The summed E-state index contributed by atoms with van der Waals surface area (Å²) >= 11 is 0. The van der Waals surface area contributed by atoms with Crippen LogP contribution in [0, 0.1) is 0 Å². The zero-order valence-corrected chi connectivity index (χ0v) is 14.6. The first-order chi connectivity index (χ1) is 11.4. The summed E-state index contributed by atoms with van der Waals surface area (Å²) in [6.45, 7) is 5.61. The van der Waals surface area contributed by atoms with E-state index in [9.17, 15) is 19.8 Å². The van der Waals surface area contributed by atoms with E-state index in [1.165, 1.54) is 64.0 Å². The van der Waals surface area contributed by atoms with Gasteiger partial charge in [0.05, 0.1) is 52.2 Å². The van der Waals surface area contributed by atoms with E-state index < -0.39 is 11.9 Å². The molecule has 2 heterocycles. The van der Waals surface area contributed by atoms with Gasteiger partial charge in [0.25, 0.3) is 0 Å². The second-order valence-corrected chi connectivity index (χ2v) is 6.45. The van der Waals surface area contributed by atoms with Crippen molar-refractivity contribution in [3.8, 4) is 0 Å². The maximum Gasteiger partial charge on any atom is 0.0771 e. The maximum atomic E-state index is 10.3. The largest absolute Gasteiger partial charge is 0.545 e. The molecule has 2 saturated heterocycles. The van der Waals surface area contributed by atoms with E-state index in [4.69, 9.17) is 0 Å². The van der Waals surface area contributed by atoms with Crippen molar-refractivity contribution in [3.63, 3.8) is 0 Å². The summed E-state index contributed by atoms with van der Waals surface area (Å²) < 4.78 is 0. The van der Waals surface area contributed by atoms with E-state index >= 15 is 0 Å². The Hall–Kier alpha value is -1.92. The highest BCUT2D eigenvalue weighted by atomic mass is 16.4. The first-order valence-electron chi connectivity index (χ1n) is 8.56. The van der Waals surface area contributed by atoms with Crippen molar-refractivity contribution in [2.24, 2.45) is 0 Å². The van der Waals surface area contributed by atoms with E-state index in [0.29, 0.717) is 0 Å². The Bertz CT molecular complexity index is 475. The second kappa shape index (κ2) is 10.8. The van der Waals surface area contributed by atoms with E-state index in [-0.39, 0.29) is 11.1 Å². The summed E-state index contributed by atoms with van der Waals surface area (Å²) in [6.07, 6.45) is 5.80. The highest BCUT2D eigenvalue weighted by Crippen LogP contribution is 2.05. The number of quaternary nitrogens is 2. The molecular weight excluding hydrogens is 308 g/mol. The van der Waals surface area contributed by atoms with Crippen LogP contribution in [0.2, 0.25) is 0 Å². The van der Waals surface area contributed by atoms with Crippen LogP contribution < -0.4 is 20.0 Å². The van der Waals surface area contributed by atoms with Gasteiger partial charge in [-0.15, -0.1) is 0 Å². The first-order valence-corrected chi connectivity index (χ1v) is 8.56. The average Bonchev–Trinajstić information content (AvgIpc) is 3.22. The molecule has 1 aromatic rings. The van der Waals surface area contributed by atoms with Gasteiger partial charge in [-0.1, -0.05) is 24.3 Å². The van der Waals surface area contributed by atoms with Gasteiger partial charge in [-0.2, -0.15) is 0 Å². The minimum atomic E-state index is -1.52. The molecular formula is C18H28N2O4. The molecule has 1 aromatic carbocycles. The summed E-state index contributed by atoms with van der Waals surface area (Å²) in [5.74, 6) is -3.04. The molecule has 2 aliphatic heterocycles. The van der Waals surface area contributed by atoms with Crippen molar-refractivity contribution in [1.29, 1.82) is 0 Å². The number of rotatable bonds is 2. The molecule has 0 bridgehead atoms. The number of carboxylic acid groups (broad SMARTS) is 2. The summed E-state index contributed by atoms with van der Waals surface area (Å²) in [7, 11) is 4.51. The monoisotopic (exact) mass is 336 g/mol. The predicted octanol–water partition coefficient (Wildman–Crippen LogP) is -3.00. The van der Waals surface area contributed by atoms with Gasteiger partial charge in [0.2, 0.25) is 0 Å². The highest BCUT2D eigenvalue weighted by Gasteiger charge is 2.08. The van der Waals surface area contributed by atoms with Crippen LogP contribution in [0.5, 0.6) is 0 Å². The number of aromatic carboxylic acids is 2. The Morgan fingerprint density at radius 2 is 1.04 bits per heavy atom. The van der Waals surface area contributed by atoms with E-state index in [2.05, 4.69) is 14.1 Å². The maximum absolute atomic E-state index is 10.3. The van der Waals surface area contributed by atoms with Gasteiger partial charge in [0.1, 0.15) is 0 Å². The average molecular weight is 336 g/mol. The Labute approximate surface area is 143 Å². The molecule has 2 fully saturated rings. The predicted molar refractivity (Wildman–Crippen MR) is 86.8 cm³/mol. The number of carboxylic acids is 2. The Balaban J connectivity index is 0.000000200. The topological polar surface area (TPSA) is 89.1 Å². The van der Waals surface area contributed by atoms with Crippen LogP contribution in [0.4, 0.5) is 0 Å². The van der Waals surface area contributed by atoms with Crippen LogP contribution >= 0.6 is 0 Å². The van der Waals surface area contributed by atoms with Gasteiger partial charge in [-0.05, 0) is 0 Å². The molecule has 0 aromatic heterocycles. The Morgan fingerprint density at radius 3 is 1.21 bits per heavy atom. The number of carbonyl (C=O) groups excluding carboxylic acids is 2. The summed E-state index contributed by atoms with van der Waals surface area (Å²) in [5, 5.41) is 20.6. The third-order valence-electron chi connectivity index (χ3n) is 4.28. The van der Waals surface area contributed by atoms with Crippen LogP contribution in [-0.2, 0) is 0 Å². The fourth-order valence-corrected chi connectivity index (χ4v) is 2.80. The molecule has 6 nitrogen and oxygen atoms in total. The molecule has 0 spiro atoms. The van der Waals surface area contributed by atoms with Gasteiger partial charge in [-0.25, -0.2) is 0 Å². The van der Waals surface area contributed by atoms with Gasteiger partial charge >= 0.3 is 0 Å².